The summed E-state index contributed by atoms with van der Waals surface area (Å²) in [6.07, 6.45) is 0. The highest BCUT2D eigenvalue weighted by atomic mass is 32.1. The molecule has 0 radical (unpaired) electrons. The molecule has 11 rings (SSSR count). The second kappa shape index (κ2) is 11.0. The molecule has 0 aliphatic heterocycles. The Morgan fingerprint density at radius 3 is 1.07 bits per heavy atom. The molecule has 0 aliphatic rings. The Kier molecular flexibility index (Phi) is 6.16. The van der Waals surface area contributed by atoms with E-state index in [1.54, 1.807) is 22.7 Å². The highest BCUT2D eigenvalue weighted by Crippen LogP contribution is 2.45. The van der Waals surface area contributed by atoms with Crippen LogP contribution in [0.25, 0.3) is 95.3 Å². The van der Waals surface area contributed by atoms with Gasteiger partial charge in [0, 0.05) is 61.9 Å². The van der Waals surface area contributed by atoms with E-state index in [-0.39, 0.29) is 33.6 Å². The Balaban J connectivity index is 1.30. The molecule has 0 bridgehead atoms. The van der Waals surface area contributed by atoms with Gasteiger partial charge in [-0.1, -0.05) is 72.8 Å². The van der Waals surface area contributed by atoms with Crippen LogP contribution >= 0.6 is 22.7 Å². The first kappa shape index (κ1) is 30.2. The molecule has 0 atom stereocenters. The largest absolute Gasteiger partial charge is 0.306 e. The van der Waals surface area contributed by atoms with Crippen molar-refractivity contribution in [3.63, 3.8) is 0 Å². The summed E-state index contributed by atoms with van der Waals surface area (Å²) < 4.78 is 8.25. The van der Waals surface area contributed by atoms with E-state index in [1.807, 2.05) is 81.9 Å². The van der Waals surface area contributed by atoms with Gasteiger partial charge < -0.3 is 9.13 Å². The van der Waals surface area contributed by atoms with Crippen LogP contribution in [0.2, 0.25) is 0 Å². The zero-order valence-electron chi connectivity index (χ0n) is 28.0. The summed E-state index contributed by atoms with van der Waals surface area (Å²) in [5, 5.41) is 52.7. The SMILES string of the molecule is N#Cc1c(C#N)c(-n2c3ccccc3c3cc4c(cc32)sc2ccccc24)c(C#N)c(C#N)c1-n1c2ccccc2c2cc3c(cc21)sc1ccccc13. The van der Waals surface area contributed by atoms with E-state index in [0.29, 0.717) is 0 Å². The lowest BCUT2D eigenvalue weighted by Gasteiger charge is -2.19. The second-order valence-corrected chi connectivity index (χ2v) is 15.4. The molecular formula is C46H20N6S2. The first-order chi connectivity index (χ1) is 26.6. The van der Waals surface area contributed by atoms with Crippen molar-refractivity contribution in [1.29, 1.82) is 21.0 Å². The average molecular weight is 721 g/mol. The maximum absolute atomic E-state index is 11.1. The third-order valence-electron chi connectivity index (χ3n) is 10.7. The molecule has 0 fully saturated rings. The number of hydrogen-bond acceptors (Lipinski definition) is 6. The van der Waals surface area contributed by atoms with Gasteiger partial charge in [-0.3, -0.25) is 0 Å². The molecular weight excluding hydrogens is 701 g/mol. The van der Waals surface area contributed by atoms with Gasteiger partial charge in [-0.25, -0.2) is 0 Å². The molecule has 7 aromatic carbocycles. The number of aromatic nitrogens is 2. The van der Waals surface area contributed by atoms with Crippen LogP contribution in [0.5, 0.6) is 0 Å². The third-order valence-corrected chi connectivity index (χ3v) is 13.0. The van der Waals surface area contributed by atoms with E-state index < -0.39 is 0 Å². The normalized spacial score (nSPS) is 11.6. The summed E-state index contributed by atoms with van der Waals surface area (Å²) in [5.41, 5.74) is 3.73. The third kappa shape index (κ3) is 3.83. The summed E-state index contributed by atoms with van der Waals surface area (Å²) >= 11 is 3.36. The Morgan fingerprint density at radius 1 is 0.333 bits per heavy atom. The lowest BCUT2D eigenvalue weighted by Crippen LogP contribution is -2.11. The molecule has 4 heterocycles. The molecule has 0 saturated carbocycles. The Labute approximate surface area is 314 Å². The summed E-state index contributed by atoms with van der Waals surface area (Å²) in [5.74, 6) is 0. The van der Waals surface area contributed by atoms with E-state index in [1.165, 1.54) is 0 Å². The van der Waals surface area contributed by atoms with Crippen LogP contribution < -0.4 is 0 Å². The van der Waals surface area contributed by atoms with Gasteiger partial charge in [0.2, 0.25) is 0 Å². The molecule has 0 aliphatic carbocycles. The topological polar surface area (TPSA) is 105 Å². The number of fused-ring (bicyclic) bond motifs is 12. The van der Waals surface area contributed by atoms with Crippen LogP contribution in [-0.2, 0) is 0 Å². The summed E-state index contributed by atoms with van der Waals surface area (Å²) in [6.45, 7) is 0. The average Bonchev–Trinajstić information content (AvgIpc) is 3.95. The maximum Gasteiger partial charge on any atom is 0.103 e. The van der Waals surface area contributed by atoms with Crippen LogP contribution in [-0.4, -0.2) is 9.13 Å². The lowest BCUT2D eigenvalue weighted by atomic mass is 9.94. The van der Waals surface area contributed by atoms with E-state index in [4.69, 9.17) is 0 Å². The number of thiophene rings is 2. The lowest BCUT2D eigenvalue weighted by molar-refractivity contribution is 1.10. The van der Waals surface area contributed by atoms with Gasteiger partial charge in [-0.05, 0) is 48.5 Å². The molecule has 6 nitrogen and oxygen atoms in total. The van der Waals surface area contributed by atoms with Gasteiger partial charge in [0.05, 0.1) is 55.7 Å². The molecule has 0 unspecified atom stereocenters. The van der Waals surface area contributed by atoms with Crippen LogP contribution in [0.4, 0.5) is 0 Å². The Morgan fingerprint density at radius 2 is 0.685 bits per heavy atom. The fourth-order valence-corrected chi connectivity index (χ4v) is 10.7. The van der Waals surface area contributed by atoms with Gasteiger partial charge in [-0.2, -0.15) is 21.0 Å². The van der Waals surface area contributed by atoms with Crippen molar-refractivity contribution in [3.8, 4) is 35.7 Å². The van der Waals surface area contributed by atoms with Gasteiger partial charge in [-0.15, -0.1) is 22.7 Å². The fraction of sp³-hybridized carbons (Fsp3) is 0. The zero-order chi connectivity index (χ0) is 36.2. The van der Waals surface area contributed by atoms with Crippen molar-refractivity contribution in [3.05, 3.63) is 144 Å². The maximum atomic E-state index is 11.1. The predicted octanol–water partition coefficient (Wildman–Crippen LogP) is 12.1. The monoisotopic (exact) mass is 720 g/mol. The Bertz CT molecular complexity index is 3380. The van der Waals surface area contributed by atoms with Crippen LogP contribution in [0.3, 0.4) is 0 Å². The van der Waals surface area contributed by atoms with Gasteiger partial charge in [0.15, 0.2) is 0 Å². The summed E-state index contributed by atoms with van der Waals surface area (Å²) in [6, 6.07) is 50.3. The predicted molar refractivity (Wildman–Crippen MR) is 220 cm³/mol. The number of benzene rings is 7. The van der Waals surface area contributed by atoms with E-state index in [9.17, 15) is 21.0 Å². The Hall–Kier alpha value is -7.46. The molecule has 11 aromatic rings. The fourth-order valence-electron chi connectivity index (χ4n) is 8.46. The molecule has 0 N–H and O–H groups in total. The standard InChI is InChI=1S/C46H20N6S2/c47-21-33-35(23-49)46(52-38-14-6-2-10-26(38)30-18-32-28-12-4-8-16-42(28)54-44(32)20-40(30)52)36(24-50)34(22-48)45(33)51-37-13-5-1-9-25(37)29-17-31-27-11-3-7-15-41(27)53-43(31)19-39(29)51/h1-20H. The van der Waals surface area contributed by atoms with Gasteiger partial charge in [0.25, 0.3) is 0 Å². The molecule has 246 valence electrons. The minimum absolute atomic E-state index is 0.0380. The van der Waals surface area contributed by atoms with E-state index in [2.05, 4.69) is 72.8 Å². The van der Waals surface area contributed by atoms with Crippen LogP contribution in [0.1, 0.15) is 22.3 Å². The van der Waals surface area contributed by atoms with Crippen molar-refractivity contribution in [2.75, 3.05) is 0 Å². The number of para-hydroxylation sites is 2. The molecule has 54 heavy (non-hydrogen) atoms. The highest BCUT2D eigenvalue weighted by Gasteiger charge is 2.30. The number of hydrogen-bond donors (Lipinski definition) is 0. The van der Waals surface area contributed by atoms with Crippen molar-refractivity contribution >= 4 is 107 Å². The van der Waals surface area contributed by atoms with Crippen molar-refractivity contribution in [2.24, 2.45) is 0 Å². The molecule has 0 saturated heterocycles. The zero-order valence-corrected chi connectivity index (χ0v) is 29.7. The quantitative estimate of drug-likeness (QED) is 0.177. The number of rotatable bonds is 2. The first-order valence-electron chi connectivity index (χ1n) is 17.2. The summed E-state index contributed by atoms with van der Waals surface area (Å²) in [4.78, 5) is 0. The minimum Gasteiger partial charge on any atom is -0.306 e. The minimum atomic E-state index is 0.0380. The van der Waals surface area contributed by atoms with Crippen molar-refractivity contribution in [1.82, 2.24) is 9.13 Å². The van der Waals surface area contributed by atoms with Crippen LogP contribution in [0, 0.1) is 45.3 Å². The number of nitriles is 4. The van der Waals surface area contributed by atoms with Gasteiger partial charge >= 0.3 is 0 Å². The summed E-state index contributed by atoms with van der Waals surface area (Å²) in [7, 11) is 0. The first-order valence-corrected chi connectivity index (χ1v) is 18.8. The van der Waals surface area contributed by atoms with Crippen molar-refractivity contribution in [2.45, 2.75) is 0 Å². The van der Waals surface area contributed by atoms with Crippen molar-refractivity contribution < 1.29 is 0 Å². The smallest absolute Gasteiger partial charge is 0.103 e. The van der Waals surface area contributed by atoms with E-state index >= 15 is 0 Å². The molecule has 0 amide bonds. The second-order valence-electron chi connectivity index (χ2n) is 13.3. The highest BCUT2D eigenvalue weighted by molar-refractivity contribution is 7.26. The van der Waals surface area contributed by atoms with Crippen LogP contribution in [0.15, 0.2) is 121 Å². The molecule has 8 heteroatoms. The molecule has 0 spiro atoms. The van der Waals surface area contributed by atoms with E-state index in [0.717, 1.165) is 84.0 Å². The molecule has 4 aromatic heterocycles. The van der Waals surface area contributed by atoms with Gasteiger partial charge in [0.1, 0.15) is 24.3 Å². The number of nitrogens with zero attached hydrogens (tertiary/aromatic N) is 6.